The number of nitrogens with zero attached hydrogens (tertiary/aromatic N) is 3. The fraction of sp³-hybridized carbons (Fsp3) is 0.789. The lowest BCUT2D eigenvalue weighted by Gasteiger charge is -2.51. The summed E-state index contributed by atoms with van der Waals surface area (Å²) in [5, 5.41) is 15.7. The first-order valence-corrected chi connectivity index (χ1v) is 9.37. The third-order valence-corrected chi connectivity index (χ3v) is 5.28. The van der Waals surface area contributed by atoms with E-state index < -0.39 is 11.2 Å². The van der Waals surface area contributed by atoms with Crippen LogP contribution in [-0.4, -0.2) is 43.6 Å². The number of hydrogen-bond donors (Lipinski definition) is 1. The van der Waals surface area contributed by atoms with Gasteiger partial charge in [0.2, 0.25) is 0 Å². The number of ether oxygens (including phenoxy) is 1. The van der Waals surface area contributed by atoms with Crippen molar-refractivity contribution in [1.29, 1.82) is 0 Å². The zero-order valence-electron chi connectivity index (χ0n) is 16.0. The summed E-state index contributed by atoms with van der Waals surface area (Å²) in [5.41, 5.74) is -0.555. The maximum absolute atomic E-state index is 12.7. The molecular weight excluding hydrogens is 318 g/mol. The Bertz CT molecular complexity index is 618. The van der Waals surface area contributed by atoms with E-state index in [0.717, 1.165) is 24.8 Å². The van der Waals surface area contributed by atoms with Gasteiger partial charge in [-0.25, -0.2) is 4.79 Å². The average Bonchev–Trinajstić information content (AvgIpc) is 2.95. The van der Waals surface area contributed by atoms with Gasteiger partial charge in [-0.15, -0.1) is 0 Å². The normalized spacial score (nSPS) is 29.8. The van der Waals surface area contributed by atoms with Crippen LogP contribution in [0.3, 0.4) is 0 Å². The van der Waals surface area contributed by atoms with Crippen LogP contribution >= 0.6 is 0 Å². The molecule has 2 atom stereocenters. The summed E-state index contributed by atoms with van der Waals surface area (Å²) in [6.07, 6.45) is 7.49. The third kappa shape index (κ3) is 3.68. The highest BCUT2D eigenvalue weighted by molar-refractivity contribution is 5.69. The fourth-order valence-corrected chi connectivity index (χ4v) is 4.14. The minimum absolute atomic E-state index is 0.0229. The lowest BCUT2D eigenvalue weighted by atomic mass is 9.73. The molecule has 2 unspecified atom stereocenters. The minimum Gasteiger partial charge on any atom is -0.444 e. The van der Waals surface area contributed by atoms with Crippen LogP contribution in [-0.2, 0) is 10.3 Å². The Balaban J connectivity index is 1.81. The molecule has 25 heavy (non-hydrogen) atoms. The molecule has 2 saturated heterocycles. The third-order valence-electron chi connectivity index (χ3n) is 5.28. The van der Waals surface area contributed by atoms with Gasteiger partial charge >= 0.3 is 6.09 Å². The molecule has 1 amide bonds. The van der Waals surface area contributed by atoms with Crippen molar-refractivity contribution in [2.24, 2.45) is 0 Å². The first-order valence-electron chi connectivity index (χ1n) is 9.37. The van der Waals surface area contributed by atoms with Crippen LogP contribution in [0, 0.1) is 0 Å². The molecule has 3 rings (SSSR count). The number of fused-ring (bicyclic) bond motifs is 2. The molecule has 2 aliphatic heterocycles. The van der Waals surface area contributed by atoms with E-state index in [1.807, 2.05) is 36.5 Å². The quantitative estimate of drug-likeness (QED) is 0.886. The summed E-state index contributed by atoms with van der Waals surface area (Å²) in [5.74, 6) is 0. The van der Waals surface area contributed by atoms with E-state index in [4.69, 9.17) is 4.74 Å². The maximum Gasteiger partial charge on any atom is 0.410 e. The summed E-state index contributed by atoms with van der Waals surface area (Å²) >= 11 is 0. The molecule has 0 spiro atoms. The van der Waals surface area contributed by atoms with E-state index in [0.29, 0.717) is 12.8 Å². The lowest BCUT2D eigenvalue weighted by Crippen LogP contribution is -2.59. The summed E-state index contributed by atoms with van der Waals surface area (Å²) in [6.45, 7) is 9.81. The van der Waals surface area contributed by atoms with Crippen LogP contribution in [0.25, 0.3) is 0 Å². The average molecular weight is 349 g/mol. The lowest BCUT2D eigenvalue weighted by molar-refractivity contribution is -0.0965. The van der Waals surface area contributed by atoms with Crippen molar-refractivity contribution in [3.63, 3.8) is 0 Å². The summed E-state index contributed by atoms with van der Waals surface area (Å²) in [6, 6.07) is 0.309. The smallest absolute Gasteiger partial charge is 0.410 e. The molecule has 6 heteroatoms. The fourth-order valence-electron chi connectivity index (χ4n) is 4.14. The predicted octanol–water partition coefficient (Wildman–Crippen LogP) is 3.60. The number of carbonyl (C=O) groups excluding carboxylic acids is 1. The van der Waals surface area contributed by atoms with Crippen LogP contribution in [0.15, 0.2) is 12.4 Å². The summed E-state index contributed by atoms with van der Waals surface area (Å²) in [4.78, 5) is 14.6. The molecule has 6 nitrogen and oxygen atoms in total. The van der Waals surface area contributed by atoms with Crippen LogP contribution in [0.1, 0.15) is 78.3 Å². The first kappa shape index (κ1) is 18.2. The summed E-state index contributed by atoms with van der Waals surface area (Å²) in [7, 11) is 0. The molecule has 1 N–H and O–H groups in total. The van der Waals surface area contributed by atoms with Gasteiger partial charge in [0.05, 0.1) is 11.8 Å². The topological polar surface area (TPSA) is 67.6 Å². The predicted molar refractivity (Wildman–Crippen MR) is 95.2 cm³/mol. The first-order chi connectivity index (χ1) is 11.6. The van der Waals surface area contributed by atoms with E-state index >= 15 is 0 Å². The Hall–Kier alpha value is -1.56. The largest absolute Gasteiger partial charge is 0.444 e. The van der Waals surface area contributed by atoms with Gasteiger partial charge in [-0.1, -0.05) is 0 Å². The standard InChI is InChI=1S/C19H31N3O3/c1-13(2)21-12-14(11-20-21)19(24)9-15-7-6-8-16(10-19)22(15)17(23)25-18(3,4)5/h11-13,15-16,24H,6-10H2,1-5H3. The van der Waals surface area contributed by atoms with Gasteiger partial charge in [-0.3, -0.25) is 4.68 Å². The molecule has 0 radical (unpaired) electrons. The van der Waals surface area contributed by atoms with Gasteiger partial charge in [0.15, 0.2) is 0 Å². The highest BCUT2D eigenvalue weighted by atomic mass is 16.6. The molecule has 1 aromatic rings. The molecule has 1 aromatic heterocycles. The second-order valence-electron chi connectivity index (χ2n) is 8.87. The Morgan fingerprint density at radius 1 is 1.32 bits per heavy atom. The van der Waals surface area contributed by atoms with E-state index in [-0.39, 0.29) is 24.2 Å². The van der Waals surface area contributed by atoms with Crippen molar-refractivity contribution < 1.29 is 14.6 Å². The molecule has 3 heterocycles. The van der Waals surface area contributed by atoms with Crippen molar-refractivity contribution >= 4 is 6.09 Å². The van der Waals surface area contributed by atoms with Gasteiger partial charge in [0.1, 0.15) is 5.60 Å². The maximum atomic E-state index is 12.7. The second-order valence-corrected chi connectivity index (χ2v) is 8.87. The molecule has 2 fully saturated rings. The van der Waals surface area contributed by atoms with Crippen LogP contribution in [0.5, 0.6) is 0 Å². The van der Waals surface area contributed by atoms with E-state index in [9.17, 15) is 9.90 Å². The SMILES string of the molecule is CC(C)n1cc(C2(O)CC3CCCC(C2)N3C(=O)OC(C)(C)C)cn1. The summed E-state index contributed by atoms with van der Waals surface area (Å²) < 4.78 is 7.49. The van der Waals surface area contributed by atoms with Crippen molar-refractivity contribution in [1.82, 2.24) is 14.7 Å². The van der Waals surface area contributed by atoms with Crippen molar-refractivity contribution in [2.45, 2.75) is 96.1 Å². The molecule has 0 aliphatic carbocycles. The van der Waals surface area contributed by atoms with Crippen LogP contribution < -0.4 is 0 Å². The van der Waals surface area contributed by atoms with Crippen molar-refractivity contribution in [3.05, 3.63) is 18.0 Å². The zero-order valence-corrected chi connectivity index (χ0v) is 16.0. The van der Waals surface area contributed by atoms with Gasteiger partial charge in [-0.2, -0.15) is 5.10 Å². The highest BCUT2D eigenvalue weighted by Crippen LogP contribution is 2.44. The zero-order chi connectivity index (χ0) is 18.4. The Kier molecular flexibility index (Phi) is 4.60. The number of hydrogen-bond acceptors (Lipinski definition) is 4. The number of piperidine rings is 2. The Morgan fingerprint density at radius 2 is 1.92 bits per heavy atom. The second kappa shape index (κ2) is 6.31. The Labute approximate surface area is 150 Å². The van der Waals surface area contributed by atoms with Gasteiger partial charge in [0.25, 0.3) is 0 Å². The highest BCUT2D eigenvalue weighted by Gasteiger charge is 2.49. The number of rotatable bonds is 2. The molecule has 0 aromatic carbocycles. The van der Waals surface area contributed by atoms with E-state index in [1.54, 1.807) is 6.20 Å². The number of amides is 1. The monoisotopic (exact) mass is 349 g/mol. The van der Waals surface area contributed by atoms with Gasteiger partial charge < -0.3 is 14.7 Å². The molecule has 0 saturated carbocycles. The van der Waals surface area contributed by atoms with Crippen molar-refractivity contribution in [3.8, 4) is 0 Å². The molecule has 2 bridgehead atoms. The minimum atomic E-state index is -0.915. The van der Waals surface area contributed by atoms with E-state index in [2.05, 4.69) is 18.9 Å². The van der Waals surface area contributed by atoms with Crippen LogP contribution in [0.2, 0.25) is 0 Å². The van der Waals surface area contributed by atoms with Gasteiger partial charge in [-0.05, 0) is 53.9 Å². The molecular formula is C19H31N3O3. The van der Waals surface area contributed by atoms with Crippen molar-refractivity contribution in [2.75, 3.05) is 0 Å². The van der Waals surface area contributed by atoms with Gasteiger partial charge in [0, 0.05) is 42.7 Å². The number of aromatic nitrogens is 2. The Morgan fingerprint density at radius 3 is 2.40 bits per heavy atom. The number of aliphatic hydroxyl groups is 1. The number of carbonyl (C=O) groups is 1. The molecule has 140 valence electrons. The van der Waals surface area contributed by atoms with E-state index in [1.165, 1.54) is 0 Å². The van der Waals surface area contributed by atoms with Crippen LogP contribution in [0.4, 0.5) is 4.79 Å². The molecule has 2 aliphatic rings.